The fraction of sp³-hybridized carbons (Fsp3) is 0.500. The molecule has 0 radical (unpaired) electrons. The maximum absolute atomic E-state index is 5.45. The van der Waals surface area contributed by atoms with E-state index in [9.17, 15) is 0 Å². The Bertz CT molecular complexity index is 694. The van der Waals surface area contributed by atoms with Crippen LogP contribution >= 0.6 is 0 Å². The summed E-state index contributed by atoms with van der Waals surface area (Å²) < 4.78 is 5.45. The van der Waals surface area contributed by atoms with Gasteiger partial charge < -0.3 is 9.64 Å². The van der Waals surface area contributed by atoms with Gasteiger partial charge in [-0.1, -0.05) is 50.3 Å². The zero-order chi connectivity index (χ0) is 19.2. The number of rotatable bonds is 6. The van der Waals surface area contributed by atoms with E-state index in [4.69, 9.17) is 4.74 Å². The van der Waals surface area contributed by atoms with Gasteiger partial charge in [0.25, 0.3) is 0 Å². The average molecular weight is 367 g/mol. The first-order chi connectivity index (χ1) is 13.1. The molecule has 1 fully saturated rings. The number of nitrogens with zero attached hydrogens (tertiary/aromatic N) is 2. The van der Waals surface area contributed by atoms with Gasteiger partial charge in [0.2, 0.25) is 0 Å². The zero-order valence-electron chi connectivity index (χ0n) is 17.2. The van der Waals surface area contributed by atoms with Crippen molar-refractivity contribution in [3.8, 4) is 0 Å². The molecule has 0 aromatic heterocycles. The minimum absolute atomic E-state index is 0.548. The van der Waals surface area contributed by atoms with Crippen LogP contribution in [0.15, 0.2) is 59.7 Å². The molecule has 0 atom stereocenters. The van der Waals surface area contributed by atoms with E-state index in [0.717, 1.165) is 52.4 Å². The van der Waals surface area contributed by atoms with Crippen LogP contribution in [-0.2, 0) is 11.3 Å². The van der Waals surface area contributed by atoms with Crippen molar-refractivity contribution in [2.75, 3.05) is 44.3 Å². The van der Waals surface area contributed by atoms with E-state index >= 15 is 0 Å². The van der Waals surface area contributed by atoms with Gasteiger partial charge in [0, 0.05) is 38.4 Å². The Morgan fingerprint density at radius 2 is 1.85 bits per heavy atom. The normalized spacial score (nSPS) is 19.7. The van der Waals surface area contributed by atoms with Gasteiger partial charge in [-0.25, -0.2) is 0 Å². The lowest BCUT2D eigenvalue weighted by atomic mass is 9.87. The fourth-order valence-electron chi connectivity index (χ4n) is 4.18. The molecule has 0 aliphatic carbocycles. The van der Waals surface area contributed by atoms with Gasteiger partial charge in [-0.15, -0.1) is 0 Å². The number of benzene rings is 1. The second kappa shape index (κ2) is 9.38. The maximum atomic E-state index is 5.45. The molecule has 0 spiro atoms. The lowest BCUT2D eigenvalue weighted by Gasteiger charge is -2.32. The first kappa shape index (κ1) is 19.9. The smallest absolute Gasteiger partial charge is 0.0642 e. The second-order valence-corrected chi connectivity index (χ2v) is 8.00. The molecular weight excluding hydrogens is 332 g/mol. The predicted molar refractivity (Wildman–Crippen MR) is 115 cm³/mol. The van der Waals surface area contributed by atoms with E-state index in [0.29, 0.717) is 5.92 Å². The minimum Gasteiger partial charge on any atom is -0.378 e. The quantitative estimate of drug-likeness (QED) is 0.672. The van der Waals surface area contributed by atoms with E-state index in [1.165, 1.54) is 22.4 Å². The van der Waals surface area contributed by atoms with Crippen molar-refractivity contribution in [3.05, 3.63) is 65.3 Å². The molecule has 1 aromatic carbocycles. The highest BCUT2D eigenvalue weighted by atomic mass is 16.5. The molecule has 0 amide bonds. The molecule has 1 saturated heterocycles. The highest BCUT2D eigenvalue weighted by Crippen LogP contribution is 2.30. The molecular formula is C24H34N2O. The average Bonchev–Trinajstić information content (AvgIpc) is 2.68. The van der Waals surface area contributed by atoms with Crippen molar-refractivity contribution in [3.63, 3.8) is 0 Å². The Labute approximate surface area is 165 Å². The number of allylic oxidation sites excluding steroid dienone is 3. The summed E-state index contributed by atoms with van der Waals surface area (Å²) in [6.07, 6.45) is 5.26. The molecule has 3 rings (SSSR count). The van der Waals surface area contributed by atoms with E-state index in [2.05, 4.69) is 67.5 Å². The molecule has 2 aliphatic heterocycles. The van der Waals surface area contributed by atoms with Crippen molar-refractivity contribution in [2.24, 2.45) is 5.92 Å². The molecule has 1 aromatic rings. The Morgan fingerprint density at radius 1 is 1.15 bits per heavy atom. The molecule has 0 N–H and O–H groups in total. The summed E-state index contributed by atoms with van der Waals surface area (Å²) in [6, 6.07) is 9.11. The van der Waals surface area contributed by atoms with Crippen LogP contribution in [0, 0.1) is 5.92 Å². The summed E-state index contributed by atoms with van der Waals surface area (Å²) in [7, 11) is 0. The van der Waals surface area contributed by atoms with E-state index < -0.39 is 0 Å². The molecule has 27 heavy (non-hydrogen) atoms. The summed E-state index contributed by atoms with van der Waals surface area (Å²) in [5.41, 5.74) is 7.22. The van der Waals surface area contributed by atoms with E-state index in [1.54, 1.807) is 5.57 Å². The van der Waals surface area contributed by atoms with Crippen molar-refractivity contribution in [1.29, 1.82) is 0 Å². The first-order valence-electron chi connectivity index (χ1n) is 10.2. The van der Waals surface area contributed by atoms with Crippen molar-refractivity contribution in [1.82, 2.24) is 4.90 Å². The maximum Gasteiger partial charge on any atom is 0.0642 e. The summed E-state index contributed by atoms with van der Waals surface area (Å²) in [4.78, 5) is 4.97. The number of morpholine rings is 1. The SMILES string of the molecule is C=C/C=C(\C1=C(C)CN(Cc2ccc(N3CCOCC3)cc2)CC1)C(C)C. The Kier molecular flexibility index (Phi) is 6.92. The van der Waals surface area contributed by atoms with Gasteiger partial charge in [-0.3, -0.25) is 4.90 Å². The lowest BCUT2D eigenvalue weighted by Crippen LogP contribution is -2.36. The van der Waals surface area contributed by atoms with Gasteiger partial charge in [0.05, 0.1) is 13.2 Å². The van der Waals surface area contributed by atoms with Crippen LogP contribution < -0.4 is 4.90 Å². The summed E-state index contributed by atoms with van der Waals surface area (Å²) in [5.74, 6) is 0.548. The minimum atomic E-state index is 0.548. The third-order valence-corrected chi connectivity index (χ3v) is 5.64. The Balaban J connectivity index is 1.62. The Morgan fingerprint density at radius 3 is 2.44 bits per heavy atom. The topological polar surface area (TPSA) is 15.7 Å². The summed E-state index contributed by atoms with van der Waals surface area (Å²) >= 11 is 0. The van der Waals surface area contributed by atoms with Gasteiger partial charge in [-0.2, -0.15) is 0 Å². The van der Waals surface area contributed by atoms with Crippen molar-refractivity contribution < 1.29 is 4.74 Å². The number of ether oxygens (including phenoxy) is 1. The predicted octanol–water partition coefficient (Wildman–Crippen LogP) is 4.81. The highest BCUT2D eigenvalue weighted by Gasteiger charge is 2.20. The summed E-state index contributed by atoms with van der Waals surface area (Å²) in [6.45, 7) is 17.6. The van der Waals surface area contributed by atoms with Crippen LogP contribution in [0.2, 0.25) is 0 Å². The molecule has 0 saturated carbocycles. The third kappa shape index (κ3) is 5.12. The number of hydrogen-bond donors (Lipinski definition) is 0. The Hall–Kier alpha value is -1.84. The largest absolute Gasteiger partial charge is 0.378 e. The molecule has 146 valence electrons. The van der Waals surface area contributed by atoms with Gasteiger partial charge in [0.15, 0.2) is 0 Å². The molecule has 3 nitrogen and oxygen atoms in total. The highest BCUT2D eigenvalue weighted by molar-refractivity contribution is 5.48. The van der Waals surface area contributed by atoms with Gasteiger partial charge in [-0.05, 0) is 48.1 Å². The van der Waals surface area contributed by atoms with Crippen LogP contribution in [0.4, 0.5) is 5.69 Å². The number of hydrogen-bond acceptors (Lipinski definition) is 3. The third-order valence-electron chi connectivity index (χ3n) is 5.64. The van der Waals surface area contributed by atoms with Crippen LogP contribution in [-0.4, -0.2) is 44.3 Å². The standard InChI is InChI=1S/C24H34N2O/c1-5-6-23(19(2)3)24-11-12-25(17-20(24)4)18-21-7-9-22(10-8-21)26-13-15-27-16-14-26/h5-10,19H,1,11-18H2,2-4H3/b23-6-. The van der Waals surface area contributed by atoms with Crippen LogP contribution in [0.5, 0.6) is 0 Å². The molecule has 0 unspecified atom stereocenters. The first-order valence-corrected chi connectivity index (χ1v) is 10.2. The molecule has 2 heterocycles. The van der Waals surface area contributed by atoms with Crippen molar-refractivity contribution >= 4 is 5.69 Å². The molecule has 3 heteroatoms. The van der Waals surface area contributed by atoms with Crippen LogP contribution in [0.1, 0.15) is 32.8 Å². The monoisotopic (exact) mass is 366 g/mol. The van der Waals surface area contributed by atoms with E-state index in [1.807, 2.05) is 6.08 Å². The van der Waals surface area contributed by atoms with E-state index in [-0.39, 0.29) is 0 Å². The van der Waals surface area contributed by atoms with Gasteiger partial charge in [0.1, 0.15) is 0 Å². The van der Waals surface area contributed by atoms with Crippen LogP contribution in [0.25, 0.3) is 0 Å². The van der Waals surface area contributed by atoms with Crippen molar-refractivity contribution in [2.45, 2.75) is 33.7 Å². The summed E-state index contributed by atoms with van der Waals surface area (Å²) in [5, 5.41) is 0. The van der Waals surface area contributed by atoms with Crippen LogP contribution in [0.3, 0.4) is 0 Å². The number of anilines is 1. The molecule has 0 bridgehead atoms. The molecule has 2 aliphatic rings. The van der Waals surface area contributed by atoms with Gasteiger partial charge >= 0.3 is 0 Å². The lowest BCUT2D eigenvalue weighted by molar-refractivity contribution is 0.122. The fourth-order valence-corrected chi connectivity index (χ4v) is 4.18. The zero-order valence-corrected chi connectivity index (χ0v) is 17.2. The second-order valence-electron chi connectivity index (χ2n) is 8.00.